The first-order valence-corrected chi connectivity index (χ1v) is 3.59. The van der Waals surface area contributed by atoms with E-state index in [4.69, 9.17) is 16.9 Å². The summed E-state index contributed by atoms with van der Waals surface area (Å²) in [5, 5.41) is 8.92. The molecular formula is C7H3ClN4. The third kappa shape index (κ3) is 0.917. The van der Waals surface area contributed by atoms with Crippen molar-refractivity contribution in [3.05, 3.63) is 23.1 Å². The summed E-state index contributed by atoms with van der Waals surface area (Å²) < 4.78 is 0. The Labute approximate surface area is 72.8 Å². The zero-order chi connectivity index (χ0) is 8.55. The maximum atomic E-state index is 8.63. The van der Waals surface area contributed by atoms with Crippen LogP contribution in [0.25, 0.3) is 11.2 Å². The first-order valence-electron chi connectivity index (χ1n) is 3.21. The molecule has 0 aromatic carbocycles. The second-order valence-corrected chi connectivity index (χ2v) is 2.59. The summed E-state index contributed by atoms with van der Waals surface area (Å²) in [7, 11) is 0. The quantitative estimate of drug-likeness (QED) is 0.665. The van der Waals surface area contributed by atoms with Crippen LogP contribution in [-0.4, -0.2) is 15.0 Å². The molecule has 5 heteroatoms. The Kier molecular flexibility index (Phi) is 1.45. The molecule has 2 rings (SSSR count). The highest BCUT2D eigenvalue weighted by Crippen LogP contribution is 2.14. The largest absolute Gasteiger partial charge is 0.343 e. The maximum absolute atomic E-state index is 8.63. The van der Waals surface area contributed by atoms with Crippen LogP contribution < -0.4 is 0 Å². The summed E-state index contributed by atoms with van der Waals surface area (Å²) in [5.41, 5.74) is 1.56. The molecule has 0 unspecified atom stereocenters. The van der Waals surface area contributed by atoms with E-state index in [1.807, 2.05) is 6.07 Å². The number of nitrogens with one attached hydrogen (secondary N) is 1. The van der Waals surface area contributed by atoms with Gasteiger partial charge in [0, 0.05) is 6.20 Å². The van der Waals surface area contributed by atoms with E-state index in [9.17, 15) is 0 Å². The Morgan fingerprint density at radius 3 is 3.17 bits per heavy atom. The van der Waals surface area contributed by atoms with E-state index in [2.05, 4.69) is 15.0 Å². The molecule has 1 N–H and O–H groups in total. The summed E-state index contributed by atoms with van der Waals surface area (Å²) in [6.07, 6.45) is 2.99. The van der Waals surface area contributed by atoms with E-state index in [1.54, 1.807) is 6.20 Å². The van der Waals surface area contributed by atoms with Crippen LogP contribution in [0.1, 0.15) is 5.56 Å². The SMILES string of the molecule is N#Cc1c[nH]c2ncc(Cl)nc12. The number of halogens is 1. The zero-order valence-corrected chi connectivity index (χ0v) is 6.63. The number of H-pyrrole nitrogens is 1. The fourth-order valence-corrected chi connectivity index (χ4v) is 1.09. The van der Waals surface area contributed by atoms with Crippen LogP contribution in [0, 0.1) is 11.3 Å². The molecule has 0 saturated heterocycles. The van der Waals surface area contributed by atoms with Gasteiger partial charge in [0.25, 0.3) is 0 Å². The van der Waals surface area contributed by atoms with Gasteiger partial charge in [-0.1, -0.05) is 11.6 Å². The molecule has 2 aromatic heterocycles. The number of hydrogen-bond acceptors (Lipinski definition) is 3. The van der Waals surface area contributed by atoms with Crippen LogP contribution in [0.15, 0.2) is 12.4 Å². The van der Waals surface area contributed by atoms with Crippen LogP contribution in [0.2, 0.25) is 5.15 Å². The minimum atomic E-state index is 0.290. The van der Waals surface area contributed by atoms with Gasteiger partial charge in [-0.05, 0) is 0 Å². The molecule has 0 spiro atoms. The van der Waals surface area contributed by atoms with Gasteiger partial charge < -0.3 is 4.98 Å². The Balaban J connectivity index is 2.86. The lowest BCUT2D eigenvalue weighted by Gasteiger charge is -1.88. The van der Waals surface area contributed by atoms with Gasteiger partial charge in [-0.25, -0.2) is 9.97 Å². The Morgan fingerprint density at radius 1 is 1.58 bits per heavy atom. The first kappa shape index (κ1) is 7.07. The van der Waals surface area contributed by atoms with Crippen molar-refractivity contribution in [1.29, 1.82) is 5.26 Å². The van der Waals surface area contributed by atoms with Gasteiger partial charge in [-0.15, -0.1) is 0 Å². The van der Waals surface area contributed by atoms with Gasteiger partial charge in [0.05, 0.1) is 11.8 Å². The van der Waals surface area contributed by atoms with E-state index in [0.29, 0.717) is 21.9 Å². The molecular weight excluding hydrogens is 176 g/mol. The van der Waals surface area contributed by atoms with E-state index in [-0.39, 0.29) is 0 Å². The van der Waals surface area contributed by atoms with Crippen molar-refractivity contribution in [2.45, 2.75) is 0 Å². The minimum Gasteiger partial charge on any atom is -0.343 e. The third-order valence-corrected chi connectivity index (χ3v) is 1.65. The van der Waals surface area contributed by atoms with Crippen LogP contribution in [0.5, 0.6) is 0 Å². The number of nitrogens with zero attached hydrogens (tertiary/aromatic N) is 3. The molecule has 4 nitrogen and oxygen atoms in total. The minimum absolute atomic E-state index is 0.290. The standard InChI is InChI=1S/C7H3ClN4/c8-5-3-11-7-6(12-5)4(1-9)2-10-7/h2-3H,(H,10,11). The number of aromatic nitrogens is 3. The molecule has 0 saturated carbocycles. The number of aromatic amines is 1. The van der Waals surface area contributed by atoms with E-state index >= 15 is 0 Å². The van der Waals surface area contributed by atoms with Gasteiger partial charge in [0.15, 0.2) is 5.65 Å². The number of hydrogen-bond donors (Lipinski definition) is 1. The molecule has 0 aliphatic heterocycles. The number of rotatable bonds is 0. The van der Waals surface area contributed by atoms with Gasteiger partial charge in [0.2, 0.25) is 0 Å². The molecule has 2 heterocycles. The van der Waals surface area contributed by atoms with Crippen LogP contribution >= 0.6 is 11.6 Å². The molecule has 0 radical (unpaired) electrons. The second-order valence-electron chi connectivity index (χ2n) is 2.20. The molecule has 0 atom stereocenters. The van der Waals surface area contributed by atoms with E-state index in [0.717, 1.165) is 0 Å². The second kappa shape index (κ2) is 2.47. The van der Waals surface area contributed by atoms with Crippen molar-refractivity contribution >= 4 is 22.8 Å². The molecule has 2 aromatic rings. The summed E-state index contributed by atoms with van der Waals surface area (Å²) in [5.74, 6) is 0. The Bertz CT molecular complexity index is 468. The number of nitriles is 1. The predicted octanol–water partition coefficient (Wildman–Crippen LogP) is 1.48. The molecule has 0 aliphatic carbocycles. The van der Waals surface area contributed by atoms with E-state index in [1.165, 1.54) is 6.20 Å². The average molecular weight is 179 g/mol. The van der Waals surface area contributed by atoms with Gasteiger partial charge >= 0.3 is 0 Å². The molecule has 12 heavy (non-hydrogen) atoms. The lowest BCUT2D eigenvalue weighted by molar-refractivity contribution is 1.26. The molecule has 0 aliphatic rings. The van der Waals surface area contributed by atoms with Crippen molar-refractivity contribution in [2.24, 2.45) is 0 Å². The summed E-state index contributed by atoms with van der Waals surface area (Å²) in [4.78, 5) is 10.7. The van der Waals surface area contributed by atoms with E-state index < -0.39 is 0 Å². The fourth-order valence-electron chi connectivity index (χ4n) is 0.955. The highest BCUT2D eigenvalue weighted by atomic mass is 35.5. The fraction of sp³-hybridized carbons (Fsp3) is 0. The third-order valence-electron chi connectivity index (χ3n) is 1.47. The topological polar surface area (TPSA) is 65.4 Å². The Morgan fingerprint density at radius 2 is 2.42 bits per heavy atom. The Hall–Kier alpha value is -1.60. The van der Waals surface area contributed by atoms with Gasteiger partial charge in [0.1, 0.15) is 16.7 Å². The molecule has 0 fully saturated rings. The predicted molar refractivity (Wildman–Crippen MR) is 43.6 cm³/mol. The average Bonchev–Trinajstić information content (AvgIpc) is 2.46. The molecule has 58 valence electrons. The lowest BCUT2D eigenvalue weighted by Crippen LogP contribution is -1.81. The highest BCUT2D eigenvalue weighted by molar-refractivity contribution is 6.29. The summed E-state index contributed by atoms with van der Waals surface area (Å²) in [6, 6.07) is 1.98. The van der Waals surface area contributed by atoms with Gasteiger partial charge in [-0.2, -0.15) is 5.26 Å². The summed E-state index contributed by atoms with van der Waals surface area (Å²) in [6.45, 7) is 0. The van der Waals surface area contributed by atoms with Crippen molar-refractivity contribution < 1.29 is 0 Å². The van der Waals surface area contributed by atoms with Crippen molar-refractivity contribution in [3.63, 3.8) is 0 Å². The van der Waals surface area contributed by atoms with Crippen LogP contribution in [0.4, 0.5) is 0 Å². The van der Waals surface area contributed by atoms with Crippen LogP contribution in [0.3, 0.4) is 0 Å². The van der Waals surface area contributed by atoms with Crippen molar-refractivity contribution in [3.8, 4) is 6.07 Å². The summed E-state index contributed by atoms with van der Waals surface area (Å²) >= 11 is 5.61. The molecule has 0 bridgehead atoms. The van der Waals surface area contributed by atoms with Crippen molar-refractivity contribution in [2.75, 3.05) is 0 Å². The molecule has 0 amide bonds. The maximum Gasteiger partial charge on any atom is 0.157 e. The number of fused-ring (bicyclic) bond motifs is 1. The zero-order valence-electron chi connectivity index (χ0n) is 5.87. The van der Waals surface area contributed by atoms with Crippen molar-refractivity contribution in [1.82, 2.24) is 15.0 Å². The first-order chi connectivity index (χ1) is 5.81. The highest BCUT2D eigenvalue weighted by Gasteiger charge is 2.04. The van der Waals surface area contributed by atoms with Crippen LogP contribution in [-0.2, 0) is 0 Å². The normalized spacial score (nSPS) is 10.0. The monoisotopic (exact) mass is 178 g/mol. The van der Waals surface area contributed by atoms with Gasteiger partial charge in [-0.3, -0.25) is 0 Å². The smallest absolute Gasteiger partial charge is 0.157 e. The lowest BCUT2D eigenvalue weighted by atomic mass is 10.3.